The zero-order chi connectivity index (χ0) is 33.6. The maximum Gasteiger partial charge on any atom is 0.255 e. The van der Waals surface area contributed by atoms with E-state index in [1.807, 2.05) is 79.0 Å². The van der Waals surface area contributed by atoms with Crippen molar-refractivity contribution >= 4 is 28.9 Å². The second kappa shape index (κ2) is 14.3. The normalized spacial score (nSPS) is 11.1. The fourth-order valence-electron chi connectivity index (χ4n) is 5.02. The third-order valence-corrected chi connectivity index (χ3v) is 7.30. The van der Waals surface area contributed by atoms with Crippen LogP contribution in [0.2, 0.25) is 0 Å². The quantitative estimate of drug-likeness (QED) is 0.145. The van der Waals surface area contributed by atoms with E-state index < -0.39 is 17.5 Å². The molecule has 12 heteroatoms. The summed E-state index contributed by atoms with van der Waals surface area (Å²) in [6.45, 7) is 3.73. The van der Waals surface area contributed by atoms with Gasteiger partial charge in [-0.3, -0.25) is 9.20 Å². The van der Waals surface area contributed by atoms with E-state index in [1.54, 1.807) is 30.5 Å². The SMILES string of the molecule is CCOc1ccn2c(-c3ccnc(Nc4cccc(OCCN(C)C)c4)n3)c(-c3cccc(C(=O)Nc4cccc(F)c4F)c3)nc2c1. The number of ether oxygens (including phenoxy) is 2. The molecule has 0 unspecified atom stereocenters. The number of rotatable bonds is 12. The van der Waals surface area contributed by atoms with Gasteiger partial charge in [-0.25, -0.2) is 23.7 Å². The molecule has 0 saturated heterocycles. The van der Waals surface area contributed by atoms with Crippen LogP contribution in [-0.4, -0.2) is 64.0 Å². The Morgan fingerprint density at radius 3 is 2.56 bits per heavy atom. The number of hydrogen-bond donors (Lipinski definition) is 2. The van der Waals surface area contributed by atoms with Gasteiger partial charge in [0.05, 0.1) is 29.4 Å². The first-order chi connectivity index (χ1) is 23.3. The second-order valence-electron chi connectivity index (χ2n) is 11.0. The zero-order valence-electron chi connectivity index (χ0n) is 26.6. The van der Waals surface area contributed by atoms with Crippen molar-refractivity contribution in [3.8, 4) is 34.1 Å². The van der Waals surface area contributed by atoms with E-state index in [9.17, 15) is 13.6 Å². The third-order valence-electron chi connectivity index (χ3n) is 7.30. The Morgan fingerprint density at radius 1 is 0.917 bits per heavy atom. The summed E-state index contributed by atoms with van der Waals surface area (Å²) in [4.78, 5) is 29.4. The van der Waals surface area contributed by atoms with Crippen LogP contribution in [0.15, 0.2) is 97.3 Å². The van der Waals surface area contributed by atoms with Crippen molar-refractivity contribution in [3.05, 3.63) is 115 Å². The van der Waals surface area contributed by atoms with Crippen molar-refractivity contribution in [2.75, 3.05) is 44.5 Å². The fraction of sp³-hybridized carbons (Fsp3) is 0.167. The third kappa shape index (κ3) is 7.24. The van der Waals surface area contributed by atoms with E-state index in [1.165, 1.54) is 12.1 Å². The summed E-state index contributed by atoms with van der Waals surface area (Å²) in [5, 5.41) is 5.72. The van der Waals surface area contributed by atoms with Crippen LogP contribution in [0.4, 0.5) is 26.1 Å². The number of fused-ring (bicyclic) bond motifs is 1. The first-order valence-electron chi connectivity index (χ1n) is 15.3. The number of halogens is 2. The standard InChI is InChI=1S/C36H33F2N7O3/c1-4-47-27-15-17-45-31(22-27)43-33(23-8-5-9-24(20-23)35(46)41-29-13-7-12-28(37)32(29)38)34(45)30-14-16-39-36(42-30)40-25-10-6-11-26(21-25)48-19-18-44(2)3/h5-17,20-22H,4,18-19H2,1-3H3,(H,41,46)(H,39,40,42). The maximum absolute atomic E-state index is 14.3. The van der Waals surface area contributed by atoms with Crippen molar-refractivity contribution < 1.29 is 23.0 Å². The first-order valence-corrected chi connectivity index (χ1v) is 15.3. The number of hydrogen-bond acceptors (Lipinski definition) is 8. The van der Waals surface area contributed by atoms with Crippen LogP contribution in [0, 0.1) is 11.6 Å². The summed E-state index contributed by atoms with van der Waals surface area (Å²) in [6.07, 6.45) is 3.50. The topological polar surface area (TPSA) is 106 Å². The number of amides is 1. The van der Waals surface area contributed by atoms with Gasteiger partial charge < -0.3 is 25.0 Å². The molecule has 0 aliphatic carbocycles. The molecule has 0 atom stereocenters. The second-order valence-corrected chi connectivity index (χ2v) is 11.0. The minimum Gasteiger partial charge on any atom is -0.494 e. The molecule has 1 amide bonds. The summed E-state index contributed by atoms with van der Waals surface area (Å²) in [7, 11) is 3.98. The number of imidazole rings is 1. The summed E-state index contributed by atoms with van der Waals surface area (Å²) in [5.41, 5.74) is 3.68. The van der Waals surface area contributed by atoms with Gasteiger partial charge in [0, 0.05) is 47.9 Å². The van der Waals surface area contributed by atoms with Gasteiger partial charge in [0.15, 0.2) is 11.6 Å². The van der Waals surface area contributed by atoms with Crippen LogP contribution in [-0.2, 0) is 0 Å². The highest BCUT2D eigenvalue weighted by atomic mass is 19.2. The van der Waals surface area contributed by atoms with Crippen molar-refractivity contribution in [1.29, 1.82) is 0 Å². The molecule has 0 bridgehead atoms. The molecule has 6 rings (SSSR count). The Bertz CT molecular complexity index is 2080. The van der Waals surface area contributed by atoms with Gasteiger partial charge in [-0.2, -0.15) is 0 Å². The minimum absolute atomic E-state index is 0.229. The molecule has 2 N–H and O–H groups in total. The lowest BCUT2D eigenvalue weighted by molar-refractivity contribution is 0.102. The van der Waals surface area contributed by atoms with Gasteiger partial charge in [-0.15, -0.1) is 0 Å². The molecule has 0 saturated carbocycles. The van der Waals surface area contributed by atoms with Gasteiger partial charge in [0.2, 0.25) is 5.95 Å². The molecule has 0 radical (unpaired) electrons. The Balaban J connectivity index is 1.36. The Kier molecular flexibility index (Phi) is 9.53. The predicted octanol–water partition coefficient (Wildman–Crippen LogP) is 7.07. The molecule has 0 aliphatic rings. The molecule has 10 nitrogen and oxygen atoms in total. The van der Waals surface area contributed by atoms with Crippen molar-refractivity contribution in [1.82, 2.24) is 24.3 Å². The van der Waals surface area contributed by atoms with Crippen LogP contribution in [0.25, 0.3) is 28.3 Å². The molecule has 3 heterocycles. The smallest absolute Gasteiger partial charge is 0.255 e. The zero-order valence-corrected chi connectivity index (χ0v) is 26.6. The highest BCUT2D eigenvalue weighted by molar-refractivity contribution is 6.05. The summed E-state index contributed by atoms with van der Waals surface area (Å²) >= 11 is 0. The van der Waals surface area contributed by atoms with E-state index in [-0.39, 0.29) is 11.3 Å². The fourth-order valence-corrected chi connectivity index (χ4v) is 5.02. The van der Waals surface area contributed by atoms with E-state index in [4.69, 9.17) is 19.4 Å². The lowest BCUT2D eigenvalue weighted by Crippen LogP contribution is -2.19. The molecule has 48 heavy (non-hydrogen) atoms. The lowest BCUT2D eigenvalue weighted by atomic mass is 10.0. The largest absolute Gasteiger partial charge is 0.494 e. The number of likely N-dealkylation sites (N-methyl/N-ethyl adjacent to an activating group) is 1. The molecule has 6 aromatic rings. The van der Waals surface area contributed by atoms with Gasteiger partial charge in [-0.05, 0) is 69.6 Å². The molecule has 3 aromatic carbocycles. The number of nitrogens with one attached hydrogen (secondary N) is 2. The van der Waals surface area contributed by atoms with Gasteiger partial charge in [0.25, 0.3) is 5.91 Å². The predicted molar refractivity (Wildman–Crippen MR) is 181 cm³/mol. The number of pyridine rings is 1. The van der Waals surface area contributed by atoms with Crippen LogP contribution < -0.4 is 20.1 Å². The van der Waals surface area contributed by atoms with Crippen molar-refractivity contribution in [3.63, 3.8) is 0 Å². The number of anilines is 3. The average molecular weight is 650 g/mol. The van der Waals surface area contributed by atoms with Crippen LogP contribution in [0.5, 0.6) is 11.5 Å². The van der Waals surface area contributed by atoms with E-state index >= 15 is 0 Å². The van der Waals surface area contributed by atoms with Crippen LogP contribution >= 0.6 is 0 Å². The minimum atomic E-state index is -1.13. The van der Waals surface area contributed by atoms with E-state index in [0.29, 0.717) is 53.2 Å². The van der Waals surface area contributed by atoms with E-state index in [0.717, 1.165) is 24.0 Å². The molecule has 0 fully saturated rings. The van der Waals surface area contributed by atoms with Crippen LogP contribution in [0.3, 0.4) is 0 Å². The van der Waals surface area contributed by atoms with Crippen molar-refractivity contribution in [2.24, 2.45) is 0 Å². The van der Waals surface area contributed by atoms with Crippen LogP contribution in [0.1, 0.15) is 17.3 Å². The molecular weight excluding hydrogens is 616 g/mol. The number of nitrogens with zero attached hydrogens (tertiary/aromatic N) is 5. The highest BCUT2D eigenvalue weighted by Gasteiger charge is 2.20. The first kappa shape index (κ1) is 32.1. The molecule has 0 aliphatic heterocycles. The van der Waals surface area contributed by atoms with Gasteiger partial charge >= 0.3 is 0 Å². The number of carbonyl (C=O) groups is 1. The number of benzene rings is 3. The average Bonchev–Trinajstić information content (AvgIpc) is 3.46. The summed E-state index contributed by atoms with van der Waals surface area (Å²) in [5.74, 6) is -1.07. The maximum atomic E-state index is 14.3. The Labute approximate surface area is 276 Å². The number of aromatic nitrogens is 4. The van der Waals surface area contributed by atoms with Gasteiger partial charge in [0.1, 0.15) is 23.8 Å². The summed E-state index contributed by atoms with van der Waals surface area (Å²) in [6, 6.07) is 23.4. The molecule has 244 valence electrons. The van der Waals surface area contributed by atoms with Crippen molar-refractivity contribution in [2.45, 2.75) is 6.92 Å². The lowest BCUT2D eigenvalue weighted by Gasteiger charge is -2.12. The molecule has 0 spiro atoms. The summed E-state index contributed by atoms with van der Waals surface area (Å²) < 4.78 is 41.6. The Morgan fingerprint density at radius 2 is 1.73 bits per heavy atom. The van der Waals surface area contributed by atoms with Gasteiger partial charge in [-0.1, -0.05) is 24.3 Å². The molecule has 3 aromatic heterocycles. The molecular formula is C36H33F2N7O3. The monoisotopic (exact) mass is 649 g/mol. The Hall–Kier alpha value is -5.88. The van der Waals surface area contributed by atoms with E-state index in [2.05, 4.69) is 15.6 Å². The number of carbonyl (C=O) groups excluding carboxylic acids is 1. The highest BCUT2D eigenvalue weighted by Crippen LogP contribution is 2.34.